The number of hydrogen-bond donors (Lipinski definition) is 1. The summed E-state index contributed by atoms with van der Waals surface area (Å²) in [5.74, 6) is 0.698. The van der Waals surface area contributed by atoms with E-state index in [9.17, 15) is 0 Å². The minimum atomic E-state index is 0.0568. The first kappa shape index (κ1) is 16.9. The Morgan fingerprint density at radius 1 is 1.23 bits per heavy atom. The van der Waals surface area contributed by atoms with Gasteiger partial charge in [0.15, 0.2) is 0 Å². The maximum atomic E-state index is 6.08. The van der Waals surface area contributed by atoms with Crippen molar-refractivity contribution in [3.05, 3.63) is 46.0 Å². The van der Waals surface area contributed by atoms with Crippen LogP contribution in [-0.4, -0.2) is 21.1 Å². The quantitative estimate of drug-likeness (QED) is 0.807. The standard InChI is InChI=1S/C15H15Cl2N3OS/c1-8(2)21-13-4-10(5-19-9(13)3)15(22)20-14-11(16)6-18-7-12(14)17/h4-8H,1-3H3,(H,18,20,22). The first-order chi connectivity index (χ1) is 10.4. The van der Waals surface area contributed by atoms with Crippen molar-refractivity contribution in [2.45, 2.75) is 26.9 Å². The molecule has 0 radical (unpaired) electrons. The summed E-state index contributed by atoms with van der Waals surface area (Å²) in [5.41, 5.74) is 2.05. The Kier molecular flexibility index (Phi) is 5.56. The summed E-state index contributed by atoms with van der Waals surface area (Å²) in [5, 5.41) is 3.82. The lowest BCUT2D eigenvalue weighted by Crippen LogP contribution is -2.14. The fourth-order valence-corrected chi connectivity index (χ4v) is 2.40. The molecule has 0 amide bonds. The summed E-state index contributed by atoms with van der Waals surface area (Å²) in [4.78, 5) is 8.67. The molecule has 0 aliphatic rings. The molecule has 0 aromatic carbocycles. The molecule has 0 spiro atoms. The predicted octanol–water partition coefficient (Wildman–Crippen LogP) is 4.67. The molecule has 0 saturated carbocycles. The van der Waals surface area contributed by atoms with Crippen molar-refractivity contribution in [3.63, 3.8) is 0 Å². The molecule has 0 unspecified atom stereocenters. The van der Waals surface area contributed by atoms with Crippen molar-refractivity contribution in [1.29, 1.82) is 0 Å². The smallest absolute Gasteiger partial charge is 0.141 e. The van der Waals surface area contributed by atoms with E-state index in [1.807, 2.05) is 26.8 Å². The number of thiocarbonyl (C=S) groups is 1. The van der Waals surface area contributed by atoms with Crippen LogP contribution in [0.3, 0.4) is 0 Å². The first-order valence-corrected chi connectivity index (χ1v) is 7.78. The third-order valence-corrected chi connectivity index (χ3v) is 3.67. The largest absolute Gasteiger partial charge is 0.489 e. The maximum absolute atomic E-state index is 6.08. The van der Waals surface area contributed by atoms with E-state index < -0.39 is 0 Å². The number of aromatic nitrogens is 2. The van der Waals surface area contributed by atoms with Gasteiger partial charge in [-0.2, -0.15) is 0 Å². The van der Waals surface area contributed by atoms with Gasteiger partial charge in [0.25, 0.3) is 0 Å². The van der Waals surface area contributed by atoms with Crippen LogP contribution < -0.4 is 10.1 Å². The van der Waals surface area contributed by atoms with Gasteiger partial charge in [-0.25, -0.2) is 0 Å². The number of anilines is 1. The van der Waals surface area contributed by atoms with E-state index in [1.165, 1.54) is 12.4 Å². The topological polar surface area (TPSA) is 47.0 Å². The number of hydrogen-bond acceptors (Lipinski definition) is 4. The minimum absolute atomic E-state index is 0.0568. The number of pyridine rings is 2. The van der Waals surface area contributed by atoms with Crippen LogP contribution in [0.4, 0.5) is 5.69 Å². The summed E-state index contributed by atoms with van der Waals surface area (Å²) in [6.07, 6.45) is 4.74. The van der Waals surface area contributed by atoms with Gasteiger partial charge >= 0.3 is 0 Å². The van der Waals surface area contributed by atoms with E-state index in [1.54, 1.807) is 6.20 Å². The molecule has 0 aliphatic carbocycles. The Morgan fingerprint density at radius 2 is 1.86 bits per heavy atom. The van der Waals surface area contributed by atoms with Crippen LogP contribution >= 0.6 is 35.4 Å². The van der Waals surface area contributed by atoms with Crippen LogP contribution in [0.15, 0.2) is 24.7 Å². The average Bonchev–Trinajstić information content (AvgIpc) is 2.44. The molecule has 4 nitrogen and oxygen atoms in total. The zero-order chi connectivity index (χ0) is 16.3. The summed E-state index contributed by atoms with van der Waals surface area (Å²) in [6.45, 7) is 5.80. The van der Waals surface area contributed by atoms with Crippen LogP contribution in [-0.2, 0) is 0 Å². The molecule has 0 saturated heterocycles. The normalized spacial score (nSPS) is 10.6. The van der Waals surface area contributed by atoms with Gasteiger partial charge in [0.1, 0.15) is 10.7 Å². The van der Waals surface area contributed by atoms with E-state index in [-0.39, 0.29) is 6.10 Å². The maximum Gasteiger partial charge on any atom is 0.141 e. The van der Waals surface area contributed by atoms with E-state index in [2.05, 4.69) is 15.3 Å². The molecule has 0 fully saturated rings. The Morgan fingerprint density at radius 3 is 2.45 bits per heavy atom. The van der Waals surface area contributed by atoms with Crippen LogP contribution in [0, 0.1) is 6.92 Å². The SMILES string of the molecule is Cc1ncc(C(=S)Nc2c(Cl)cncc2Cl)cc1OC(C)C. The zero-order valence-electron chi connectivity index (χ0n) is 12.4. The molecule has 116 valence electrons. The van der Waals surface area contributed by atoms with Gasteiger partial charge < -0.3 is 10.1 Å². The summed E-state index contributed by atoms with van der Waals surface area (Å²) >= 11 is 17.5. The third kappa shape index (κ3) is 4.06. The third-order valence-electron chi connectivity index (χ3n) is 2.76. The second-order valence-corrected chi connectivity index (χ2v) is 6.13. The van der Waals surface area contributed by atoms with Gasteiger partial charge in [0.05, 0.1) is 27.5 Å². The Bertz CT molecular complexity index is 687. The second kappa shape index (κ2) is 7.22. The number of halogens is 2. The number of rotatable bonds is 4. The van der Waals surface area contributed by atoms with E-state index in [0.29, 0.717) is 26.5 Å². The van der Waals surface area contributed by atoms with Gasteiger partial charge in [-0.05, 0) is 26.8 Å². The molecule has 0 atom stereocenters. The van der Waals surface area contributed by atoms with Gasteiger partial charge in [0.2, 0.25) is 0 Å². The fraction of sp³-hybridized carbons (Fsp3) is 0.267. The second-order valence-electron chi connectivity index (χ2n) is 4.91. The van der Waals surface area contributed by atoms with Crippen molar-refractivity contribution in [3.8, 4) is 5.75 Å². The van der Waals surface area contributed by atoms with Gasteiger partial charge in [-0.15, -0.1) is 0 Å². The van der Waals surface area contributed by atoms with Crippen molar-refractivity contribution in [1.82, 2.24) is 9.97 Å². The summed E-state index contributed by atoms with van der Waals surface area (Å²) in [6, 6.07) is 1.85. The number of ether oxygens (including phenoxy) is 1. The Hall–Kier alpha value is -1.43. The van der Waals surface area contributed by atoms with Crippen molar-refractivity contribution < 1.29 is 4.74 Å². The monoisotopic (exact) mass is 355 g/mol. The fourth-order valence-electron chi connectivity index (χ4n) is 1.73. The van der Waals surface area contributed by atoms with Crippen molar-refractivity contribution in [2.75, 3.05) is 5.32 Å². The Balaban J connectivity index is 2.26. The Labute approximate surface area is 144 Å². The molecule has 2 heterocycles. The lowest BCUT2D eigenvalue weighted by atomic mass is 10.2. The predicted molar refractivity (Wildman–Crippen MR) is 94.3 cm³/mol. The molecular weight excluding hydrogens is 341 g/mol. The molecule has 1 N–H and O–H groups in total. The molecule has 2 rings (SSSR count). The molecular formula is C15H15Cl2N3OS. The zero-order valence-corrected chi connectivity index (χ0v) is 14.7. The molecule has 7 heteroatoms. The lowest BCUT2D eigenvalue weighted by Gasteiger charge is -2.15. The van der Waals surface area contributed by atoms with Crippen LogP contribution in [0.1, 0.15) is 25.1 Å². The summed E-state index contributed by atoms with van der Waals surface area (Å²) < 4.78 is 5.72. The number of nitrogens with zero attached hydrogens (tertiary/aromatic N) is 2. The van der Waals surface area contributed by atoms with Crippen molar-refractivity contribution >= 4 is 46.1 Å². The summed E-state index contributed by atoms with van der Waals surface area (Å²) in [7, 11) is 0. The molecule has 0 aliphatic heterocycles. The van der Waals surface area contributed by atoms with E-state index in [4.69, 9.17) is 40.2 Å². The first-order valence-electron chi connectivity index (χ1n) is 6.62. The highest BCUT2D eigenvalue weighted by atomic mass is 35.5. The number of aryl methyl sites for hydroxylation is 1. The molecule has 22 heavy (non-hydrogen) atoms. The average molecular weight is 356 g/mol. The van der Waals surface area contributed by atoms with E-state index in [0.717, 1.165) is 11.3 Å². The molecule has 2 aromatic heterocycles. The van der Waals surface area contributed by atoms with Gasteiger partial charge in [-0.3, -0.25) is 9.97 Å². The number of nitrogens with one attached hydrogen (secondary N) is 1. The minimum Gasteiger partial charge on any atom is -0.489 e. The highest BCUT2D eigenvalue weighted by Crippen LogP contribution is 2.29. The highest BCUT2D eigenvalue weighted by molar-refractivity contribution is 7.81. The van der Waals surface area contributed by atoms with Gasteiger partial charge in [-0.1, -0.05) is 35.4 Å². The van der Waals surface area contributed by atoms with Crippen molar-refractivity contribution in [2.24, 2.45) is 0 Å². The van der Waals surface area contributed by atoms with Gasteiger partial charge in [0, 0.05) is 24.2 Å². The molecule has 2 aromatic rings. The van der Waals surface area contributed by atoms with E-state index >= 15 is 0 Å². The van der Waals surface area contributed by atoms with Crippen LogP contribution in [0.2, 0.25) is 10.0 Å². The van der Waals surface area contributed by atoms with Crippen LogP contribution in [0.5, 0.6) is 5.75 Å². The lowest BCUT2D eigenvalue weighted by molar-refractivity contribution is 0.239. The van der Waals surface area contributed by atoms with Crippen LogP contribution in [0.25, 0.3) is 0 Å². The molecule has 0 bridgehead atoms. The highest BCUT2D eigenvalue weighted by Gasteiger charge is 2.12.